The minimum absolute atomic E-state index is 0.480. The van der Waals surface area contributed by atoms with Crippen LogP contribution in [0.2, 0.25) is 0 Å². The lowest BCUT2D eigenvalue weighted by Crippen LogP contribution is -2.05. The molecule has 0 bridgehead atoms. The summed E-state index contributed by atoms with van der Waals surface area (Å²) in [5, 5.41) is 0. The summed E-state index contributed by atoms with van der Waals surface area (Å²) < 4.78 is 0. The van der Waals surface area contributed by atoms with Crippen molar-refractivity contribution in [3.05, 3.63) is 24.9 Å². The Bertz CT molecular complexity index is 175. The molecule has 0 aliphatic carbocycles. The molecular formula is C10H17N. The fourth-order valence-electron chi connectivity index (χ4n) is 0.845. The van der Waals surface area contributed by atoms with Gasteiger partial charge in [-0.2, -0.15) is 0 Å². The molecule has 0 spiro atoms. The molecule has 0 N–H and O–H groups in total. The van der Waals surface area contributed by atoms with Gasteiger partial charge in [0, 0.05) is 11.9 Å². The molecule has 0 aliphatic heterocycles. The van der Waals surface area contributed by atoms with Gasteiger partial charge in [0.15, 0.2) is 0 Å². The Balaban J connectivity index is 4.38. The lowest BCUT2D eigenvalue weighted by Gasteiger charge is -2.09. The molecule has 0 atom stereocenters. The van der Waals surface area contributed by atoms with Gasteiger partial charge in [-0.25, -0.2) is 0 Å². The summed E-state index contributed by atoms with van der Waals surface area (Å²) in [5.41, 5.74) is 2.18. The number of rotatable bonds is 4. The average molecular weight is 151 g/mol. The van der Waals surface area contributed by atoms with Crippen molar-refractivity contribution in [1.29, 1.82) is 0 Å². The van der Waals surface area contributed by atoms with Crippen LogP contribution in [0.4, 0.5) is 0 Å². The van der Waals surface area contributed by atoms with Crippen LogP contribution >= 0.6 is 0 Å². The van der Waals surface area contributed by atoms with Gasteiger partial charge in [-0.15, -0.1) is 0 Å². The predicted octanol–water partition coefficient (Wildman–Crippen LogP) is 3.19. The first-order chi connectivity index (χ1) is 5.13. The average Bonchev–Trinajstić information content (AvgIpc) is 1.98. The number of hydrogen-bond acceptors (Lipinski definition) is 1. The first-order valence-corrected chi connectivity index (χ1v) is 4.00. The Morgan fingerprint density at radius 3 is 2.36 bits per heavy atom. The molecule has 1 nitrogen and oxygen atoms in total. The maximum absolute atomic E-state index is 4.14. The fraction of sp³-hybridized carbons (Fsp3) is 0.500. The van der Waals surface area contributed by atoms with Gasteiger partial charge in [-0.05, 0) is 17.9 Å². The lowest BCUT2D eigenvalue weighted by molar-refractivity contribution is 0.801. The highest BCUT2D eigenvalue weighted by Gasteiger charge is 2.04. The van der Waals surface area contributed by atoms with Crippen LogP contribution in [0.5, 0.6) is 0 Å². The summed E-state index contributed by atoms with van der Waals surface area (Å²) in [6, 6.07) is 0. The van der Waals surface area contributed by atoms with E-state index in [0.717, 1.165) is 17.7 Å². The third-order valence-electron chi connectivity index (χ3n) is 1.65. The maximum atomic E-state index is 4.14. The Kier molecular flexibility index (Phi) is 4.51. The largest absolute Gasteiger partial charge is 0.262 e. The Hall–Kier alpha value is -0.850. The zero-order valence-corrected chi connectivity index (χ0v) is 7.72. The predicted molar refractivity (Wildman–Crippen MR) is 51.9 cm³/mol. The van der Waals surface area contributed by atoms with Crippen molar-refractivity contribution in [2.45, 2.75) is 27.2 Å². The van der Waals surface area contributed by atoms with Crippen molar-refractivity contribution in [2.24, 2.45) is 10.9 Å². The van der Waals surface area contributed by atoms with Crippen LogP contribution in [0.15, 0.2) is 29.9 Å². The van der Waals surface area contributed by atoms with E-state index in [1.807, 2.05) is 0 Å². The number of hydrogen-bond donors (Lipinski definition) is 0. The zero-order valence-electron chi connectivity index (χ0n) is 7.72. The van der Waals surface area contributed by atoms with Crippen molar-refractivity contribution in [3.63, 3.8) is 0 Å². The van der Waals surface area contributed by atoms with Gasteiger partial charge in [0.25, 0.3) is 0 Å². The first-order valence-electron chi connectivity index (χ1n) is 4.00. The van der Waals surface area contributed by atoms with Crippen molar-refractivity contribution in [2.75, 3.05) is 0 Å². The van der Waals surface area contributed by atoms with E-state index in [1.165, 1.54) is 0 Å². The van der Waals surface area contributed by atoms with Crippen LogP contribution in [0.3, 0.4) is 0 Å². The van der Waals surface area contributed by atoms with Gasteiger partial charge in [-0.3, -0.25) is 4.99 Å². The molecule has 0 radical (unpaired) electrons. The molecule has 0 rings (SSSR count). The topological polar surface area (TPSA) is 12.4 Å². The molecule has 0 aromatic rings. The summed E-state index contributed by atoms with van der Waals surface area (Å²) in [5.74, 6) is 0.480. The maximum Gasteiger partial charge on any atom is 0.0429 e. The van der Waals surface area contributed by atoms with E-state index in [-0.39, 0.29) is 0 Å². The molecule has 0 fully saturated rings. The smallest absolute Gasteiger partial charge is 0.0429 e. The summed E-state index contributed by atoms with van der Waals surface area (Å²) in [4.78, 5) is 4.14. The van der Waals surface area contributed by atoms with E-state index in [9.17, 15) is 0 Å². The second-order valence-corrected chi connectivity index (χ2v) is 2.79. The third-order valence-corrected chi connectivity index (χ3v) is 1.65. The number of nitrogens with zero attached hydrogens (tertiary/aromatic N) is 1. The number of allylic oxidation sites excluding steroid dienone is 1. The monoisotopic (exact) mass is 151 g/mol. The molecule has 1 heteroatoms. The lowest BCUT2D eigenvalue weighted by atomic mass is 9.99. The molecule has 0 aliphatic rings. The van der Waals surface area contributed by atoms with Crippen molar-refractivity contribution < 1.29 is 0 Å². The van der Waals surface area contributed by atoms with Gasteiger partial charge >= 0.3 is 0 Å². The minimum Gasteiger partial charge on any atom is -0.262 e. The molecule has 62 valence electrons. The second kappa shape index (κ2) is 4.89. The third kappa shape index (κ3) is 3.17. The summed E-state index contributed by atoms with van der Waals surface area (Å²) in [7, 11) is 0. The summed E-state index contributed by atoms with van der Waals surface area (Å²) in [6.07, 6.45) is 2.51. The molecule has 0 aromatic carbocycles. The molecule has 0 aromatic heterocycles. The molecule has 11 heavy (non-hydrogen) atoms. The highest BCUT2D eigenvalue weighted by molar-refractivity contribution is 6.00. The van der Waals surface area contributed by atoms with Gasteiger partial charge in [-0.1, -0.05) is 33.9 Å². The Morgan fingerprint density at radius 1 is 1.55 bits per heavy atom. The van der Waals surface area contributed by atoms with Gasteiger partial charge in [0.2, 0.25) is 0 Å². The van der Waals surface area contributed by atoms with E-state index in [2.05, 4.69) is 38.9 Å². The zero-order chi connectivity index (χ0) is 8.85. The molecule has 0 saturated heterocycles. The highest BCUT2D eigenvalue weighted by atomic mass is 14.7. The molecule has 0 saturated carbocycles. The van der Waals surface area contributed by atoms with Crippen molar-refractivity contribution >= 4 is 5.71 Å². The van der Waals surface area contributed by atoms with Gasteiger partial charge in [0.1, 0.15) is 0 Å². The molecule has 0 amide bonds. The van der Waals surface area contributed by atoms with E-state index in [0.29, 0.717) is 5.92 Å². The fourth-order valence-corrected chi connectivity index (χ4v) is 0.845. The van der Waals surface area contributed by atoms with Crippen molar-refractivity contribution in [3.8, 4) is 0 Å². The normalized spacial score (nSPS) is 11.8. The second-order valence-electron chi connectivity index (χ2n) is 2.79. The van der Waals surface area contributed by atoms with E-state index >= 15 is 0 Å². The van der Waals surface area contributed by atoms with E-state index < -0.39 is 0 Å². The van der Waals surface area contributed by atoms with Crippen LogP contribution in [-0.4, -0.2) is 5.71 Å². The number of aliphatic imine (C=N–C) groups is 1. The molecule has 0 unspecified atom stereocenters. The Labute approximate surface area is 69.5 Å². The summed E-state index contributed by atoms with van der Waals surface area (Å²) >= 11 is 0. The Morgan fingerprint density at radius 2 is 2.09 bits per heavy atom. The molecular weight excluding hydrogens is 134 g/mol. The van der Waals surface area contributed by atoms with Crippen LogP contribution in [0.1, 0.15) is 27.2 Å². The summed E-state index contributed by atoms with van der Waals surface area (Å²) in [6.45, 7) is 13.8. The van der Waals surface area contributed by atoms with Crippen LogP contribution < -0.4 is 0 Å². The highest BCUT2D eigenvalue weighted by Crippen LogP contribution is 2.11. The molecule has 0 heterocycles. The minimum atomic E-state index is 0.480. The van der Waals surface area contributed by atoms with E-state index in [1.54, 1.807) is 6.20 Å². The quantitative estimate of drug-likeness (QED) is 0.547. The van der Waals surface area contributed by atoms with Gasteiger partial charge in [0.05, 0.1) is 0 Å². The van der Waals surface area contributed by atoms with E-state index in [4.69, 9.17) is 0 Å². The first kappa shape index (κ1) is 10.2. The standard InChI is InChI=1S/C10H17N/c1-6-10(11-7-2)9(5)8(3)4/h7-8H,2,5-6H2,1,3-4H3. The van der Waals surface area contributed by atoms with Crippen LogP contribution in [0, 0.1) is 5.92 Å². The van der Waals surface area contributed by atoms with Crippen LogP contribution in [-0.2, 0) is 0 Å². The SMILES string of the molecule is C=CN=C(CC)C(=C)C(C)C. The van der Waals surface area contributed by atoms with Crippen molar-refractivity contribution in [1.82, 2.24) is 0 Å². The van der Waals surface area contributed by atoms with Crippen LogP contribution in [0.25, 0.3) is 0 Å². The van der Waals surface area contributed by atoms with Gasteiger partial charge < -0.3 is 0 Å².